The molecule has 0 aliphatic heterocycles. The van der Waals surface area contributed by atoms with Gasteiger partial charge in [0.2, 0.25) is 5.91 Å². The van der Waals surface area contributed by atoms with Gasteiger partial charge in [0.1, 0.15) is 0 Å². The fraction of sp³-hybridized carbons (Fsp3) is 0.375. The van der Waals surface area contributed by atoms with Crippen molar-refractivity contribution in [3.63, 3.8) is 0 Å². The Morgan fingerprint density at radius 3 is 2.50 bits per heavy atom. The molecule has 0 spiro atoms. The van der Waals surface area contributed by atoms with Crippen LogP contribution in [0.1, 0.15) is 32.9 Å². The average Bonchev–Trinajstić information content (AvgIpc) is 2.68. The van der Waals surface area contributed by atoms with Crippen molar-refractivity contribution in [2.75, 3.05) is 5.32 Å². The lowest BCUT2D eigenvalue weighted by Crippen LogP contribution is -2.19. The molecule has 0 bridgehead atoms. The number of amides is 1. The number of nitrogens with zero attached hydrogens (tertiary/aromatic N) is 1. The average molecular weight is 288 g/mol. The Balaban J connectivity index is 2.14. The van der Waals surface area contributed by atoms with E-state index in [0.29, 0.717) is 11.6 Å². The molecular formula is C16H20N2OS. The first kappa shape index (κ1) is 14.7. The number of rotatable bonds is 3. The minimum atomic E-state index is -0.0152. The van der Waals surface area contributed by atoms with Gasteiger partial charge in [0, 0.05) is 6.42 Å². The number of aryl methyl sites for hydroxylation is 1. The van der Waals surface area contributed by atoms with E-state index in [1.165, 1.54) is 11.3 Å². The van der Waals surface area contributed by atoms with E-state index in [9.17, 15) is 4.79 Å². The van der Waals surface area contributed by atoms with Crippen LogP contribution in [0.5, 0.6) is 0 Å². The van der Waals surface area contributed by atoms with Crippen molar-refractivity contribution in [2.24, 2.45) is 5.41 Å². The van der Waals surface area contributed by atoms with Gasteiger partial charge in [0.05, 0.1) is 10.6 Å². The van der Waals surface area contributed by atoms with Gasteiger partial charge in [-0.3, -0.25) is 4.79 Å². The summed E-state index contributed by atoms with van der Waals surface area (Å²) in [5, 5.41) is 3.57. The third kappa shape index (κ3) is 3.90. The lowest BCUT2D eigenvalue weighted by atomic mass is 9.92. The summed E-state index contributed by atoms with van der Waals surface area (Å²) in [7, 11) is 0. The molecule has 0 aliphatic carbocycles. The predicted molar refractivity (Wildman–Crippen MR) is 85.0 cm³/mol. The van der Waals surface area contributed by atoms with Crippen molar-refractivity contribution >= 4 is 22.4 Å². The van der Waals surface area contributed by atoms with Crippen LogP contribution < -0.4 is 5.32 Å². The van der Waals surface area contributed by atoms with Crippen molar-refractivity contribution in [3.05, 3.63) is 36.0 Å². The SMILES string of the molecule is Cc1nc(NC(=O)CC(C)(C)C)sc1-c1ccccc1. The van der Waals surface area contributed by atoms with E-state index in [1.54, 1.807) is 0 Å². The second-order valence-electron chi connectivity index (χ2n) is 6.09. The minimum Gasteiger partial charge on any atom is -0.302 e. The molecule has 1 heterocycles. The fourth-order valence-electron chi connectivity index (χ4n) is 1.95. The highest BCUT2D eigenvalue weighted by Crippen LogP contribution is 2.32. The Morgan fingerprint density at radius 1 is 1.25 bits per heavy atom. The van der Waals surface area contributed by atoms with Crippen LogP contribution >= 0.6 is 11.3 Å². The van der Waals surface area contributed by atoms with Gasteiger partial charge in [-0.1, -0.05) is 62.4 Å². The van der Waals surface area contributed by atoms with E-state index >= 15 is 0 Å². The number of aromatic nitrogens is 1. The molecule has 1 amide bonds. The second kappa shape index (κ2) is 5.75. The number of carbonyl (C=O) groups excluding carboxylic acids is 1. The van der Waals surface area contributed by atoms with Crippen molar-refractivity contribution in [1.82, 2.24) is 4.98 Å². The summed E-state index contributed by atoms with van der Waals surface area (Å²) >= 11 is 1.52. The zero-order valence-electron chi connectivity index (χ0n) is 12.4. The van der Waals surface area contributed by atoms with E-state index in [0.717, 1.165) is 16.1 Å². The van der Waals surface area contributed by atoms with Gasteiger partial charge in [-0.15, -0.1) is 0 Å². The maximum Gasteiger partial charge on any atom is 0.226 e. The summed E-state index contributed by atoms with van der Waals surface area (Å²) in [6, 6.07) is 10.1. The monoisotopic (exact) mass is 288 g/mol. The quantitative estimate of drug-likeness (QED) is 0.904. The summed E-state index contributed by atoms with van der Waals surface area (Å²) < 4.78 is 0. The molecular weight excluding hydrogens is 268 g/mol. The van der Waals surface area contributed by atoms with E-state index in [-0.39, 0.29) is 11.3 Å². The van der Waals surface area contributed by atoms with Crippen LogP contribution in [0.2, 0.25) is 0 Å². The number of carbonyl (C=O) groups is 1. The number of benzene rings is 1. The summed E-state index contributed by atoms with van der Waals surface area (Å²) in [5.74, 6) is 0.0193. The van der Waals surface area contributed by atoms with Crippen LogP contribution in [0.3, 0.4) is 0 Å². The van der Waals surface area contributed by atoms with E-state index in [2.05, 4.69) is 43.2 Å². The van der Waals surface area contributed by atoms with Crippen LogP contribution in [0.15, 0.2) is 30.3 Å². The standard InChI is InChI=1S/C16H20N2OS/c1-11-14(12-8-6-5-7-9-12)20-15(17-11)18-13(19)10-16(2,3)4/h5-9H,10H2,1-4H3,(H,17,18,19). The minimum absolute atomic E-state index is 0.0152. The highest BCUT2D eigenvalue weighted by atomic mass is 32.1. The number of hydrogen-bond donors (Lipinski definition) is 1. The first-order chi connectivity index (χ1) is 9.35. The number of nitrogens with one attached hydrogen (secondary N) is 1. The molecule has 106 valence electrons. The number of thiazole rings is 1. The van der Waals surface area contributed by atoms with Gasteiger partial charge < -0.3 is 5.32 Å². The molecule has 0 aliphatic rings. The van der Waals surface area contributed by atoms with Crippen molar-refractivity contribution in [2.45, 2.75) is 34.1 Å². The van der Waals surface area contributed by atoms with Crippen LogP contribution in [-0.4, -0.2) is 10.9 Å². The Hall–Kier alpha value is -1.68. The molecule has 0 unspecified atom stereocenters. The lowest BCUT2D eigenvalue weighted by molar-refractivity contribution is -0.117. The molecule has 3 nitrogen and oxygen atoms in total. The van der Waals surface area contributed by atoms with E-state index in [4.69, 9.17) is 0 Å². The van der Waals surface area contributed by atoms with Crippen molar-refractivity contribution in [3.8, 4) is 10.4 Å². The molecule has 2 rings (SSSR count). The Morgan fingerprint density at radius 2 is 1.90 bits per heavy atom. The van der Waals surface area contributed by atoms with Gasteiger partial charge in [0.25, 0.3) is 0 Å². The largest absolute Gasteiger partial charge is 0.302 e. The number of anilines is 1. The van der Waals surface area contributed by atoms with Gasteiger partial charge in [0.15, 0.2) is 5.13 Å². The maximum absolute atomic E-state index is 11.9. The molecule has 1 N–H and O–H groups in total. The van der Waals surface area contributed by atoms with Crippen LogP contribution in [-0.2, 0) is 4.79 Å². The lowest BCUT2D eigenvalue weighted by Gasteiger charge is -2.16. The second-order valence-corrected chi connectivity index (χ2v) is 7.08. The van der Waals surface area contributed by atoms with Crippen molar-refractivity contribution < 1.29 is 4.79 Å². The Kier molecular flexibility index (Phi) is 4.23. The molecule has 4 heteroatoms. The van der Waals surface area contributed by atoms with E-state index in [1.807, 2.05) is 25.1 Å². The highest BCUT2D eigenvalue weighted by Gasteiger charge is 2.18. The van der Waals surface area contributed by atoms with Crippen LogP contribution in [0, 0.1) is 12.3 Å². The normalized spacial score (nSPS) is 11.4. The molecule has 1 aromatic heterocycles. The molecule has 0 saturated heterocycles. The molecule has 0 saturated carbocycles. The van der Waals surface area contributed by atoms with Gasteiger partial charge in [-0.2, -0.15) is 0 Å². The molecule has 2 aromatic rings. The molecule has 0 fully saturated rings. The molecule has 20 heavy (non-hydrogen) atoms. The van der Waals surface area contributed by atoms with Gasteiger partial charge in [-0.25, -0.2) is 4.98 Å². The first-order valence-corrected chi connectivity index (χ1v) is 7.49. The first-order valence-electron chi connectivity index (χ1n) is 6.68. The zero-order valence-corrected chi connectivity index (χ0v) is 13.2. The summed E-state index contributed by atoms with van der Waals surface area (Å²) in [6.45, 7) is 8.12. The summed E-state index contributed by atoms with van der Waals surface area (Å²) in [4.78, 5) is 17.5. The van der Waals surface area contributed by atoms with Crippen LogP contribution in [0.4, 0.5) is 5.13 Å². The Bertz CT molecular complexity index is 597. The Labute approximate surface area is 124 Å². The topological polar surface area (TPSA) is 42.0 Å². The fourth-order valence-corrected chi connectivity index (χ4v) is 2.94. The summed E-state index contributed by atoms with van der Waals surface area (Å²) in [5.41, 5.74) is 2.07. The summed E-state index contributed by atoms with van der Waals surface area (Å²) in [6.07, 6.45) is 0.492. The number of hydrogen-bond acceptors (Lipinski definition) is 3. The highest BCUT2D eigenvalue weighted by molar-refractivity contribution is 7.19. The van der Waals surface area contributed by atoms with Gasteiger partial charge in [-0.05, 0) is 17.9 Å². The molecule has 0 radical (unpaired) electrons. The van der Waals surface area contributed by atoms with Gasteiger partial charge >= 0.3 is 0 Å². The predicted octanol–water partition coefficient (Wildman–Crippen LogP) is 4.49. The zero-order chi connectivity index (χ0) is 14.8. The molecule has 0 atom stereocenters. The van der Waals surface area contributed by atoms with E-state index < -0.39 is 0 Å². The molecule has 1 aromatic carbocycles. The van der Waals surface area contributed by atoms with Crippen molar-refractivity contribution in [1.29, 1.82) is 0 Å². The smallest absolute Gasteiger partial charge is 0.226 e. The van der Waals surface area contributed by atoms with Crippen LogP contribution in [0.25, 0.3) is 10.4 Å². The third-order valence-corrected chi connectivity index (χ3v) is 3.89. The third-order valence-electron chi connectivity index (χ3n) is 2.77. The maximum atomic E-state index is 11.9.